The number of aliphatic hydroxyl groups is 1. The van der Waals surface area contributed by atoms with Crippen molar-refractivity contribution in [3.63, 3.8) is 0 Å². The summed E-state index contributed by atoms with van der Waals surface area (Å²) >= 11 is 0. The Hall–Kier alpha value is -0.120. The molecule has 92 valence electrons. The average molecular weight is 218 g/mol. The van der Waals surface area contributed by atoms with Gasteiger partial charge in [-0.05, 0) is 40.5 Å². The molecule has 15 heavy (non-hydrogen) atoms. The van der Waals surface area contributed by atoms with E-state index in [-0.39, 0.29) is 24.4 Å². The number of hydrogen-bond donors (Lipinski definition) is 1. The van der Waals surface area contributed by atoms with Crippen LogP contribution in [0.15, 0.2) is 0 Å². The molecular weight excluding hydrogens is 192 g/mol. The molecule has 0 spiro atoms. The van der Waals surface area contributed by atoms with E-state index in [0.717, 1.165) is 6.42 Å². The molecule has 3 heteroatoms. The summed E-state index contributed by atoms with van der Waals surface area (Å²) in [5, 5.41) is 8.73. The van der Waals surface area contributed by atoms with Crippen molar-refractivity contribution in [1.82, 2.24) is 0 Å². The van der Waals surface area contributed by atoms with Gasteiger partial charge >= 0.3 is 0 Å². The molecule has 0 aromatic carbocycles. The van der Waals surface area contributed by atoms with Crippen LogP contribution < -0.4 is 0 Å². The van der Waals surface area contributed by atoms with E-state index in [1.807, 2.05) is 27.7 Å². The van der Waals surface area contributed by atoms with E-state index in [2.05, 4.69) is 6.92 Å². The zero-order valence-corrected chi connectivity index (χ0v) is 10.7. The SMILES string of the molecule is CCC(COC(C)CCO)OC(C)(C)C. The molecule has 0 heterocycles. The highest BCUT2D eigenvalue weighted by molar-refractivity contribution is 4.65. The molecule has 1 N–H and O–H groups in total. The molecule has 0 aliphatic carbocycles. The van der Waals surface area contributed by atoms with Gasteiger partial charge < -0.3 is 14.6 Å². The van der Waals surface area contributed by atoms with Gasteiger partial charge in [0, 0.05) is 6.61 Å². The van der Waals surface area contributed by atoms with Crippen LogP contribution in [0.25, 0.3) is 0 Å². The maximum absolute atomic E-state index is 8.73. The van der Waals surface area contributed by atoms with Crippen molar-refractivity contribution in [2.45, 2.75) is 65.3 Å². The van der Waals surface area contributed by atoms with Gasteiger partial charge in [-0.1, -0.05) is 6.92 Å². The van der Waals surface area contributed by atoms with Crippen LogP contribution in [0.3, 0.4) is 0 Å². The first-order valence-corrected chi connectivity index (χ1v) is 5.79. The Kier molecular flexibility index (Phi) is 7.14. The van der Waals surface area contributed by atoms with Crippen LogP contribution in [0.2, 0.25) is 0 Å². The van der Waals surface area contributed by atoms with Crippen LogP contribution in [-0.2, 0) is 9.47 Å². The van der Waals surface area contributed by atoms with Crippen LogP contribution in [-0.4, -0.2) is 36.1 Å². The fourth-order valence-corrected chi connectivity index (χ4v) is 1.27. The van der Waals surface area contributed by atoms with Crippen molar-refractivity contribution >= 4 is 0 Å². The quantitative estimate of drug-likeness (QED) is 0.713. The molecular formula is C12H26O3. The average Bonchev–Trinajstić information content (AvgIpc) is 2.11. The minimum Gasteiger partial charge on any atom is -0.396 e. The van der Waals surface area contributed by atoms with Gasteiger partial charge in [0.05, 0.1) is 24.4 Å². The predicted octanol–water partition coefficient (Wildman–Crippen LogP) is 2.37. The van der Waals surface area contributed by atoms with Crippen LogP contribution >= 0.6 is 0 Å². The molecule has 2 atom stereocenters. The Morgan fingerprint density at radius 2 is 1.87 bits per heavy atom. The third kappa shape index (κ3) is 8.85. The minimum atomic E-state index is -0.121. The first-order chi connectivity index (χ1) is 6.89. The van der Waals surface area contributed by atoms with Gasteiger partial charge in [-0.15, -0.1) is 0 Å². The summed E-state index contributed by atoms with van der Waals surface area (Å²) < 4.78 is 11.4. The normalized spacial score (nSPS) is 16.4. The summed E-state index contributed by atoms with van der Waals surface area (Å²) in [6.45, 7) is 11.0. The fourth-order valence-electron chi connectivity index (χ4n) is 1.27. The summed E-state index contributed by atoms with van der Waals surface area (Å²) in [4.78, 5) is 0. The van der Waals surface area contributed by atoms with Crippen molar-refractivity contribution in [2.75, 3.05) is 13.2 Å². The Balaban J connectivity index is 3.80. The lowest BCUT2D eigenvalue weighted by Crippen LogP contribution is -2.31. The van der Waals surface area contributed by atoms with E-state index in [9.17, 15) is 0 Å². The Bertz CT molecular complexity index is 151. The van der Waals surface area contributed by atoms with Gasteiger partial charge in [0.25, 0.3) is 0 Å². The lowest BCUT2D eigenvalue weighted by Gasteiger charge is -2.27. The topological polar surface area (TPSA) is 38.7 Å². The second-order valence-corrected chi connectivity index (χ2v) is 4.92. The molecule has 0 aliphatic heterocycles. The Morgan fingerprint density at radius 1 is 1.27 bits per heavy atom. The lowest BCUT2D eigenvalue weighted by molar-refractivity contribution is -0.105. The molecule has 0 saturated carbocycles. The monoisotopic (exact) mass is 218 g/mol. The highest BCUT2D eigenvalue weighted by atomic mass is 16.5. The number of ether oxygens (including phenoxy) is 2. The van der Waals surface area contributed by atoms with Gasteiger partial charge in [-0.3, -0.25) is 0 Å². The number of aliphatic hydroxyl groups excluding tert-OH is 1. The molecule has 0 saturated heterocycles. The maximum Gasteiger partial charge on any atom is 0.0813 e. The maximum atomic E-state index is 8.73. The highest BCUT2D eigenvalue weighted by Crippen LogP contribution is 2.14. The van der Waals surface area contributed by atoms with Gasteiger partial charge in [-0.25, -0.2) is 0 Å². The minimum absolute atomic E-state index is 0.104. The number of rotatable bonds is 7. The molecule has 0 aromatic heterocycles. The molecule has 0 rings (SSSR count). The fraction of sp³-hybridized carbons (Fsp3) is 1.00. The van der Waals surface area contributed by atoms with Crippen LogP contribution in [0.4, 0.5) is 0 Å². The van der Waals surface area contributed by atoms with Gasteiger partial charge in [0.1, 0.15) is 0 Å². The van der Waals surface area contributed by atoms with Crippen molar-refractivity contribution in [3.8, 4) is 0 Å². The second kappa shape index (κ2) is 7.20. The largest absolute Gasteiger partial charge is 0.396 e. The van der Waals surface area contributed by atoms with Gasteiger partial charge in [-0.2, -0.15) is 0 Å². The summed E-state index contributed by atoms with van der Waals surface area (Å²) in [6.07, 6.45) is 1.88. The predicted molar refractivity (Wildman–Crippen MR) is 62.0 cm³/mol. The summed E-state index contributed by atoms with van der Waals surface area (Å²) in [5.74, 6) is 0. The van der Waals surface area contributed by atoms with E-state index in [4.69, 9.17) is 14.6 Å². The molecule has 0 amide bonds. The van der Waals surface area contributed by atoms with Crippen LogP contribution in [0.5, 0.6) is 0 Å². The zero-order valence-electron chi connectivity index (χ0n) is 10.7. The number of hydrogen-bond acceptors (Lipinski definition) is 3. The van der Waals surface area contributed by atoms with E-state index in [0.29, 0.717) is 13.0 Å². The van der Waals surface area contributed by atoms with Gasteiger partial charge in [0.2, 0.25) is 0 Å². The third-order valence-corrected chi connectivity index (χ3v) is 2.08. The Morgan fingerprint density at radius 3 is 2.27 bits per heavy atom. The van der Waals surface area contributed by atoms with Crippen molar-refractivity contribution in [3.05, 3.63) is 0 Å². The zero-order chi connectivity index (χ0) is 11.9. The molecule has 0 bridgehead atoms. The third-order valence-electron chi connectivity index (χ3n) is 2.08. The van der Waals surface area contributed by atoms with Crippen molar-refractivity contribution < 1.29 is 14.6 Å². The second-order valence-electron chi connectivity index (χ2n) is 4.92. The smallest absolute Gasteiger partial charge is 0.0813 e. The molecule has 3 nitrogen and oxygen atoms in total. The van der Waals surface area contributed by atoms with Crippen LogP contribution in [0, 0.1) is 0 Å². The summed E-state index contributed by atoms with van der Waals surface area (Å²) in [7, 11) is 0. The van der Waals surface area contributed by atoms with E-state index >= 15 is 0 Å². The highest BCUT2D eigenvalue weighted by Gasteiger charge is 2.18. The Labute approximate surface area is 93.8 Å². The molecule has 0 radical (unpaired) electrons. The first-order valence-electron chi connectivity index (χ1n) is 5.79. The molecule has 0 aromatic rings. The van der Waals surface area contributed by atoms with Crippen LogP contribution in [0.1, 0.15) is 47.5 Å². The summed E-state index contributed by atoms with van der Waals surface area (Å²) in [6, 6.07) is 0. The van der Waals surface area contributed by atoms with E-state index < -0.39 is 0 Å². The lowest BCUT2D eigenvalue weighted by atomic mass is 10.1. The molecule has 0 fully saturated rings. The molecule has 2 unspecified atom stereocenters. The molecule has 0 aliphatic rings. The van der Waals surface area contributed by atoms with E-state index in [1.165, 1.54) is 0 Å². The van der Waals surface area contributed by atoms with Crippen molar-refractivity contribution in [2.24, 2.45) is 0 Å². The summed E-state index contributed by atoms with van der Waals surface area (Å²) in [5.41, 5.74) is -0.121. The van der Waals surface area contributed by atoms with Crippen molar-refractivity contribution in [1.29, 1.82) is 0 Å². The van der Waals surface area contributed by atoms with E-state index in [1.54, 1.807) is 0 Å². The standard InChI is InChI=1S/C12H26O3/c1-6-11(15-12(3,4)5)9-14-10(2)7-8-13/h10-11,13H,6-9H2,1-5H3. The first kappa shape index (κ1) is 14.9. The van der Waals surface area contributed by atoms with Gasteiger partial charge in [0.15, 0.2) is 0 Å².